The van der Waals surface area contributed by atoms with Gasteiger partial charge in [0, 0.05) is 6.42 Å². The van der Waals surface area contributed by atoms with Crippen molar-refractivity contribution in [2.45, 2.75) is 116 Å². The van der Waals surface area contributed by atoms with E-state index in [1.807, 2.05) is 18.2 Å². The van der Waals surface area contributed by atoms with Gasteiger partial charge in [-0.1, -0.05) is 108 Å². The van der Waals surface area contributed by atoms with E-state index in [4.69, 9.17) is 5.11 Å². The smallest absolute Gasteiger partial charge is 0.303 e. The van der Waals surface area contributed by atoms with E-state index in [9.17, 15) is 9.90 Å². The summed E-state index contributed by atoms with van der Waals surface area (Å²) in [5, 5.41) is 18.3. The van der Waals surface area contributed by atoms with Crippen LogP contribution in [0.25, 0.3) is 0 Å². The fraction of sp³-hybridized carbons (Fsp3) is 0.720. The molecule has 0 amide bonds. The average Bonchev–Trinajstić information content (AvgIpc) is 2.68. The Morgan fingerprint density at radius 3 is 1.43 bits per heavy atom. The minimum atomic E-state index is -0.663. The molecule has 1 aromatic carbocycles. The van der Waals surface area contributed by atoms with Crippen LogP contribution in [0.1, 0.15) is 115 Å². The molecule has 28 heavy (non-hydrogen) atoms. The topological polar surface area (TPSA) is 57.5 Å². The zero-order chi connectivity index (χ0) is 20.3. The van der Waals surface area contributed by atoms with Gasteiger partial charge >= 0.3 is 5.97 Å². The van der Waals surface area contributed by atoms with E-state index < -0.39 is 5.97 Å². The predicted octanol–water partition coefficient (Wildman–Crippen LogP) is 7.65. The second-order valence-corrected chi connectivity index (χ2v) is 8.18. The molecule has 0 atom stereocenters. The summed E-state index contributed by atoms with van der Waals surface area (Å²) in [7, 11) is 0. The van der Waals surface area contributed by atoms with Gasteiger partial charge in [-0.3, -0.25) is 4.79 Å². The molecule has 0 saturated carbocycles. The van der Waals surface area contributed by atoms with Crippen LogP contribution in [0.5, 0.6) is 5.75 Å². The van der Waals surface area contributed by atoms with Crippen molar-refractivity contribution >= 4 is 5.97 Å². The third-order valence-electron chi connectivity index (χ3n) is 5.58. The number of carbonyl (C=O) groups is 1. The maximum Gasteiger partial charge on any atom is 0.303 e. The average molecular weight is 391 g/mol. The quantitative estimate of drug-likeness (QED) is 0.238. The molecule has 0 spiro atoms. The van der Waals surface area contributed by atoms with E-state index in [0.717, 1.165) is 24.8 Å². The normalized spacial score (nSPS) is 11.0. The number of unbranched alkanes of at least 4 members (excludes halogenated alkanes) is 15. The third kappa shape index (κ3) is 14.5. The molecule has 3 heteroatoms. The minimum absolute atomic E-state index is 0.332. The Morgan fingerprint density at radius 2 is 1.00 bits per heavy atom. The summed E-state index contributed by atoms with van der Waals surface area (Å²) in [6.07, 6.45) is 21.7. The van der Waals surface area contributed by atoms with Gasteiger partial charge in [0.1, 0.15) is 5.75 Å². The summed E-state index contributed by atoms with van der Waals surface area (Å²) in [4.78, 5) is 10.4. The summed E-state index contributed by atoms with van der Waals surface area (Å²) < 4.78 is 0. The molecule has 0 saturated heterocycles. The molecule has 0 aliphatic rings. The van der Waals surface area contributed by atoms with Crippen molar-refractivity contribution in [1.29, 1.82) is 0 Å². The fourth-order valence-corrected chi connectivity index (χ4v) is 3.79. The Morgan fingerprint density at radius 1 is 0.607 bits per heavy atom. The number of carboxylic acids is 1. The van der Waals surface area contributed by atoms with Crippen LogP contribution < -0.4 is 0 Å². The molecule has 2 N–H and O–H groups in total. The lowest BCUT2D eigenvalue weighted by molar-refractivity contribution is -0.137. The first-order chi connectivity index (χ1) is 13.7. The molecule has 0 bridgehead atoms. The zero-order valence-corrected chi connectivity index (χ0v) is 17.8. The van der Waals surface area contributed by atoms with E-state index in [2.05, 4.69) is 0 Å². The molecule has 0 aromatic heterocycles. The van der Waals surface area contributed by atoms with Crippen LogP contribution in [0.3, 0.4) is 0 Å². The van der Waals surface area contributed by atoms with Crippen LogP contribution in [0.4, 0.5) is 0 Å². The van der Waals surface area contributed by atoms with Gasteiger partial charge in [-0.2, -0.15) is 0 Å². The largest absolute Gasteiger partial charge is 0.508 e. The second-order valence-electron chi connectivity index (χ2n) is 8.18. The lowest BCUT2D eigenvalue weighted by atomic mass is 10.0. The number of aryl methyl sites for hydroxylation is 1. The number of phenolic OH excluding ortho intramolecular Hbond substituents is 1. The highest BCUT2D eigenvalue weighted by atomic mass is 16.4. The van der Waals surface area contributed by atoms with Crippen molar-refractivity contribution in [1.82, 2.24) is 0 Å². The summed E-state index contributed by atoms with van der Waals surface area (Å²) >= 11 is 0. The van der Waals surface area contributed by atoms with E-state index in [1.165, 1.54) is 89.9 Å². The number of hydrogen-bond donors (Lipinski definition) is 2. The highest BCUT2D eigenvalue weighted by Gasteiger charge is 2.00. The zero-order valence-electron chi connectivity index (χ0n) is 17.8. The minimum Gasteiger partial charge on any atom is -0.508 e. The Kier molecular flexibility index (Phi) is 15.4. The lowest BCUT2D eigenvalue weighted by Gasteiger charge is -2.05. The molecular formula is C25H42O3. The van der Waals surface area contributed by atoms with Crippen molar-refractivity contribution in [2.24, 2.45) is 0 Å². The van der Waals surface area contributed by atoms with Gasteiger partial charge in [-0.15, -0.1) is 0 Å². The SMILES string of the molecule is O=C(O)CCCCCCCCCCCCCCCCCCc1ccccc1O. The van der Waals surface area contributed by atoms with Crippen molar-refractivity contribution in [3.05, 3.63) is 29.8 Å². The first-order valence-corrected chi connectivity index (χ1v) is 11.7. The van der Waals surface area contributed by atoms with Crippen molar-refractivity contribution in [3.8, 4) is 5.75 Å². The van der Waals surface area contributed by atoms with Crippen LogP contribution in [0.2, 0.25) is 0 Å². The molecule has 0 aliphatic carbocycles. The molecule has 0 fully saturated rings. The summed E-state index contributed by atoms with van der Waals surface area (Å²) in [6.45, 7) is 0. The van der Waals surface area contributed by atoms with E-state index in [-0.39, 0.29) is 0 Å². The number of phenols is 1. The highest BCUT2D eigenvalue weighted by molar-refractivity contribution is 5.66. The molecule has 0 unspecified atom stereocenters. The fourth-order valence-electron chi connectivity index (χ4n) is 3.79. The van der Waals surface area contributed by atoms with Crippen LogP contribution in [0, 0.1) is 0 Å². The first-order valence-electron chi connectivity index (χ1n) is 11.7. The third-order valence-corrected chi connectivity index (χ3v) is 5.58. The number of rotatable bonds is 19. The van der Waals surface area contributed by atoms with Crippen molar-refractivity contribution < 1.29 is 15.0 Å². The number of benzene rings is 1. The molecule has 160 valence electrons. The Bertz CT molecular complexity index is 498. The van der Waals surface area contributed by atoms with Gasteiger partial charge in [0.2, 0.25) is 0 Å². The number of hydrogen-bond acceptors (Lipinski definition) is 2. The van der Waals surface area contributed by atoms with Gasteiger partial charge in [0.15, 0.2) is 0 Å². The van der Waals surface area contributed by atoms with Crippen molar-refractivity contribution in [3.63, 3.8) is 0 Å². The van der Waals surface area contributed by atoms with Crippen molar-refractivity contribution in [2.75, 3.05) is 0 Å². The van der Waals surface area contributed by atoms with Crippen LogP contribution in [-0.2, 0) is 11.2 Å². The number of aromatic hydroxyl groups is 1. The number of para-hydroxylation sites is 1. The number of carboxylic acid groups (broad SMARTS) is 1. The standard InChI is InChI=1S/C25H42O3/c26-24-21-18-17-20-23(24)19-15-13-11-9-7-5-3-1-2-4-6-8-10-12-14-16-22-25(27)28/h17-18,20-21,26H,1-16,19,22H2,(H,27,28). The van der Waals surface area contributed by atoms with Crippen LogP contribution >= 0.6 is 0 Å². The lowest BCUT2D eigenvalue weighted by Crippen LogP contribution is -1.93. The molecular weight excluding hydrogens is 348 g/mol. The van der Waals surface area contributed by atoms with Gasteiger partial charge in [0.25, 0.3) is 0 Å². The molecule has 0 aliphatic heterocycles. The maximum absolute atomic E-state index is 10.4. The van der Waals surface area contributed by atoms with Crippen LogP contribution in [-0.4, -0.2) is 16.2 Å². The molecule has 1 rings (SSSR count). The predicted molar refractivity (Wildman–Crippen MR) is 118 cm³/mol. The van der Waals surface area contributed by atoms with Gasteiger partial charge < -0.3 is 10.2 Å². The number of aliphatic carboxylic acids is 1. The second kappa shape index (κ2) is 17.6. The Hall–Kier alpha value is -1.51. The van der Waals surface area contributed by atoms with E-state index in [1.54, 1.807) is 6.07 Å². The summed E-state index contributed by atoms with van der Waals surface area (Å²) in [6, 6.07) is 7.69. The molecule has 3 nitrogen and oxygen atoms in total. The Labute approximate surface area is 172 Å². The molecule has 0 radical (unpaired) electrons. The van der Waals surface area contributed by atoms with Crippen LogP contribution in [0.15, 0.2) is 24.3 Å². The summed E-state index contributed by atoms with van der Waals surface area (Å²) in [5.74, 6) is -0.220. The Balaban J connectivity index is 1.73. The maximum atomic E-state index is 10.4. The molecule has 1 aromatic rings. The monoisotopic (exact) mass is 390 g/mol. The van der Waals surface area contributed by atoms with Gasteiger partial charge in [0.05, 0.1) is 0 Å². The highest BCUT2D eigenvalue weighted by Crippen LogP contribution is 2.19. The van der Waals surface area contributed by atoms with E-state index >= 15 is 0 Å². The molecule has 0 heterocycles. The van der Waals surface area contributed by atoms with Gasteiger partial charge in [-0.05, 0) is 30.9 Å². The first kappa shape index (κ1) is 24.5. The van der Waals surface area contributed by atoms with Gasteiger partial charge in [-0.25, -0.2) is 0 Å². The van der Waals surface area contributed by atoms with E-state index in [0.29, 0.717) is 12.2 Å². The summed E-state index contributed by atoms with van der Waals surface area (Å²) in [5.41, 5.74) is 1.08.